The molecule has 0 aromatic heterocycles. The number of hydrogen-bond acceptors (Lipinski definition) is 3. The van der Waals surface area contributed by atoms with Crippen molar-refractivity contribution in [2.45, 2.75) is 45.2 Å². The van der Waals surface area contributed by atoms with Crippen molar-refractivity contribution in [3.8, 4) is 0 Å². The molecule has 3 nitrogen and oxygen atoms in total. The second kappa shape index (κ2) is 7.32. The van der Waals surface area contributed by atoms with Gasteiger partial charge in [-0.2, -0.15) is 11.8 Å². The van der Waals surface area contributed by atoms with Gasteiger partial charge in [-0.1, -0.05) is 24.3 Å². The van der Waals surface area contributed by atoms with E-state index in [9.17, 15) is 4.79 Å². The summed E-state index contributed by atoms with van der Waals surface area (Å²) in [7, 11) is 0. The number of thioether (sulfide) groups is 1. The number of aryl methyl sites for hydroxylation is 1. The fourth-order valence-corrected chi connectivity index (χ4v) is 3.68. The van der Waals surface area contributed by atoms with E-state index in [1.54, 1.807) is 0 Å². The lowest BCUT2D eigenvalue weighted by Crippen LogP contribution is -2.48. The largest absolute Gasteiger partial charge is 0.351 e. The van der Waals surface area contributed by atoms with Crippen LogP contribution in [0.3, 0.4) is 0 Å². The van der Waals surface area contributed by atoms with Crippen molar-refractivity contribution in [3.05, 3.63) is 35.4 Å². The molecule has 2 N–H and O–H groups in total. The lowest BCUT2D eigenvalue weighted by Gasteiger charge is -2.29. The normalized spacial score (nSPS) is 19.3. The Morgan fingerprint density at radius 2 is 2.19 bits per heavy atom. The molecule has 21 heavy (non-hydrogen) atoms. The van der Waals surface area contributed by atoms with Gasteiger partial charge in [0.1, 0.15) is 0 Å². The van der Waals surface area contributed by atoms with Gasteiger partial charge in [0.25, 0.3) is 0 Å². The number of rotatable bonds is 5. The number of carbonyl (C=O) groups is 1. The summed E-state index contributed by atoms with van der Waals surface area (Å²) < 4.78 is 0. The van der Waals surface area contributed by atoms with Crippen LogP contribution in [0, 0.1) is 6.92 Å². The molecule has 2 rings (SSSR count). The van der Waals surface area contributed by atoms with Gasteiger partial charge in [-0.25, -0.2) is 0 Å². The summed E-state index contributed by atoms with van der Waals surface area (Å²) >= 11 is 1.93. The van der Waals surface area contributed by atoms with Crippen molar-refractivity contribution >= 4 is 17.7 Å². The van der Waals surface area contributed by atoms with Gasteiger partial charge in [0.05, 0.1) is 0 Å². The van der Waals surface area contributed by atoms with Gasteiger partial charge in [0.15, 0.2) is 0 Å². The van der Waals surface area contributed by atoms with Crippen molar-refractivity contribution in [2.75, 3.05) is 18.1 Å². The highest BCUT2D eigenvalue weighted by Gasteiger charge is 2.24. The molecule has 0 bridgehead atoms. The third-order valence-corrected chi connectivity index (χ3v) is 4.93. The zero-order valence-corrected chi connectivity index (χ0v) is 14.1. The van der Waals surface area contributed by atoms with Gasteiger partial charge in [-0.15, -0.1) is 0 Å². The molecule has 1 aliphatic heterocycles. The van der Waals surface area contributed by atoms with Crippen LogP contribution < -0.4 is 10.6 Å². The molecule has 1 aromatic rings. The Kier molecular flexibility index (Phi) is 5.71. The van der Waals surface area contributed by atoms with E-state index >= 15 is 0 Å². The Hall–Kier alpha value is -1.000. The molecule has 4 heteroatoms. The van der Waals surface area contributed by atoms with Gasteiger partial charge in [-0.3, -0.25) is 4.79 Å². The Balaban J connectivity index is 1.87. The summed E-state index contributed by atoms with van der Waals surface area (Å²) in [6, 6.07) is 8.69. The van der Waals surface area contributed by atoms with E-state index in [4.69, 9.17) is 0 Å². The molecule has 1 aliphatic rings. The van der Waals surface area contributed by atoms with Crippen LogP contribution in [0.15, 0.2) is 24.3 Å². The van der Waals surface area contributed by atoms with Crippen LogP contribution in [0.1, 0.15) is 31.4 Å². The first-order valence-electron chi connectivity index (χ1n) is 7.63. The molecule has 1 fully saturated rings. The van der Waals surface area contributed by atoms with Crippen molar-refractivity contribution in [2.24, 2.45) is 0 Å². The van der Waals surface area contributed by atoms with Gasteiger partial charge in [0, 0.05) is 36.1 Å². The Labute approximate surface area is 132 Å². The summed E-state index contributed by atoms with van der Waals surface area (Å²) in [6.07, 6.45) is 1.43. The fraction of sp³-hybridized carbons (Fsp3) is 0.588. The second-order valence-electron chi connectivity index (χ2n) is 6.47. The van der Waals surface area contributed by atoms with Crippen LogP contribution in [-0.2, 0) is 11.2 Å². The molecule has 1 saturated heterocycles. The minimum absolute atomic E-state index is 0.147. The zero-order chi connectivity index (χ0) is 15.3. The topological polar surface area (TPSA) is 41.1 Å². The van der Waals surface area contributed by atoms with Crippen LogP contribution in [0.25, 0.3) is 0 Å². The van der Waals surface area contributed by atoms with Crippen molar-refractivity contribution in [1.29, 1.82) is 0 Å². The first kappa shape index (κ1) is 16.4. The predicted molar refractivity (Wildman–Crippen MR) is 90.8 cm³/mol. The van der Waals surface area contributed by atoms with E-state index in [1.807, 2.05) is 11.8 Å². The molecule has 1 heterocycles. The minimum Gasteiger partial charge on any atom is -0.351 e. The van der Waals surface area contributed by atoms with E-state index in [-0.39, 0.29) is 11.4 Å². The molecular weight excluding hydrogens is 280 g/mol. The van der Waals surface area contributed by atoms with Crippen molar-refractivity contribution in [3.63, 3.8) is 0 Å². The predicted octanol–water partition coefficient (Wildman–Crippen LogP) is 2.53. The zero-order valence-electron chi connectivity index (χ0n) is 13.2. The van der Waals surface area contributed by atoms with Crippen LogP contribution >= 0.6 is 11.8 Å². The number of hydrogen-bond donors (Lipinski definition) is 2. The molecular formula is C17H26N2OS. The molecule has 0 aliphatic carbocycles. The van der Waals surface area contributed by atoms with Gasteiger partial charge >= 0.3 is 0 Å². The van der Waals surface area contributed by atoms with Crippen molar-refractivity contribution < 1.29 is 4.79 Å². The molecule has 1 aromatic carbocycles. The number of carbonyl (C=O) groups excluding carboxylic acids is 1. The first-order chi connectivity index (χ1) is 9.96. The Bertz CT molecular complexity index is 481. The summed E-state index contributed by atoms with van der Waals surface area (Å²) in [4.78, 5) is 12.2. The maximum Gasteiger partial charge on any atom is 0.222 e. The van der Waals surface area contributed by atoms with E-state index in [1.165, 1.54) is 11.1 Å². The van der Waals surface area contributed by atoms with Crippen molar-refractivity contribution in [1.82, 2.24) is 10.6 Å². The summed E-state index contributed by atoms with van der Waals surface area (Å²) in [5.74, 6) is 2.33. The van der Waals surface area contributed by atoms with E-state index in [2.05, 4.69) is 55.7 Å². The molecule has 1 unspecified atom stereocenters. The molecule has 116 valence electrons. The monoisotopic (exact) mass is 306 g/mol. The fourth-order valence-electron chi connectivity index (χ4n) is 2.73. The second-order valence-corrected chi connectivity index (χ2v) is 7.62. The number of benzene rings is 1. The summed E-state index contributed by atoms with van der Waals surface area (Å²) in [5, 5.41) is 6.60. The van der Waals surface area contributed by atoms with Crippen LogP contribution in [-0.4, -0.2) is 35.5 Å². The third kappa shape index (κ3) is 5.36. The maximum absolute atomic E-state index is 12.2. The first-order valence-corrected chi connectivity index (χ1v) is 8.78. The highest BCUT2D eigenvalue weighted by Crippen LogP contribution is 2.17. The molecule has 0 radical (unpaired) electrons. The number of amides is 1. The van der Waals surface area contributed by atoms with Gasteiger partial charge < -0.3 is 10.6 Å². The molecule has 0 spiro atoms. The number of nitrogens with one attached hydrogen (secondary N) is 2. The average molecular weight is 306 g/mol. The van der Waals surface area contributed by atoms with Crippen LogP contribution in [0.5, 0.6) is 0 Å². The minimum atomic E-state index is -0.217. The van der Waals surface area contributed by atoms with Gasteiger partial charge in [0.2, 0.25) is 5.91 Å². The Morgan fingerprint density at radius 1 is 1.43 bits per heavy atom. The maximum atomic E-state index is 12.2. The lowest BCUT2D eigenvalue weighted by atomic mass is 9.92. The average Bonchev–Trinajstić information content (AvgIpc) is 2.41. The molecule has 0 saturated carbocycles. The summed E-state index contributed by atoms with van der Waals surface area (Å²) in [6.45, 7) is 7.33. The molecule has 1 atom stereocenters. The third-order valence-electron chi connectivity index (χ3n) is 3.80. The van der Waals surface area contributed by atoms with E-state index in [0.29, 0.717) is 12.5 Å². The van der Waals surface area contributed by atoms with E-state index < -0.39 is 0 Å². The quantitative estimate of drug-likeness (QED) is 0.878. The summed E-state index contributed by atoms with van der Waals surface area (Å²) in [5.41, 5.74) is 2.37. The standard InChI is InChI=1S/C17H26N2OS/c1-13-6-4-5-7-14(13)11-17(2,3)19-16(20)10-15-12-21-9-8-18-15/h4-7,15,18H,8-12H2,1-3H3,(H,19,20). The Morgan fingerprint density at radius 3 is 2.86 bits per heavy atom. The highest BCUT2D eigenvalue weighted by atomic mass is 32.2. The van der Waals surface area contributed by atoms with E-state index in [0.717, 1.165) is 24.5 Å². The van der Waals surface area contributed by atoms with Crippen LogP contribution in [0.4, 0.5) is 0 Å². The molecule has 1 amide bonds. The van der Waals surface area contributed by atoms with Crippen LogP contribution in [0.2, 0.25) is 0 Å². The SMILES string of the molecule is Cc1ccccc1CC(C)(C)NC(=O)CC1CSCCN1. The smallest absolute Gasteiger partial charge is 0.222 e. The van der Waals surface area contributed by atoms with Gasteiger partial charge in [-0.05, 0) is 38.3 Å². The highest BCUT2D eigenvalue weighted by molar-refractivity contribution is 7.99. The lowest BCUT2D eigenvalue weighted by molar-refractivity contribution is -0.123.